The minimum absolute atomic E-state index is 0.0935. The van der Waals surface area contributed by atoms with E-state index in [-0.39, 0.29) is 5.78 Å². The lowest BCUT2D eigenvalue weighted by Crippen LogP contribution is -1.95. The van der Waals surface area contributed by atoms with Crippen LogP contribution >= 0.6 is 11.6 Å². The molecule has 0 unspecified atom stereocenters. The molecule has 0 saturated heterocycles. The summed E-state index contributed by atoms with van der Waals surface area (Å²) in [6.07, 6.45) is 0. The van der Waals surface area contributed by atoms with Gasteiger partial charge in [0.15, 0.2) is 17.1 Å². The van der Waals surface area contributed by atoms with E-state index in [9.17, 15) is 4.79 Å². The Labute approximate surface area is 97.9 Å². The van der Waals surface area contributed by atoms with Crippen LogP contribution in [0.1, 0.15) is 23.0 Å². The van der Waals surface area contributed by atoms with Gasteiger partial charge in [-0.1, -0.05) is 11.6 Å². The summed E-state index contributed by atoms with van der Waals surface area (Å²) in [5, 5.41) is 1.13. The number of ether oxygens (including phenoxy) is 1. The summed E-state index contributed by atoms with van der Waals surface area (Å²) in [6.45, 7) is 3.29. The number of hydrogen-bond donors (Lipinski definition) is 0. The highest BCUT2D eigenvalue weighted by molar-refractivity contribution is 6.38. The Balaban J connectivity index is 2.87. The molecule has 1 heterocycles. The van der Waals surface area contributed by atoms with Crippen LogP contribution in [-0.4, -0.2) is 12.9 Å². The SMILES string of the molecule is COc1cc(C(C)=O)c(Cl)c2cc(C)oc12. The average molecular weight is 239 g/mol. The molecule has 1 aromatic carbocycles. The fraction of sp³-hybridized carbons (Fsp3) is 0.250. The second-order valence-electron chi connectivity index (χ2n) is 3.60. The Morgan fingerprint density at radius 1 is 1.44 bits per heavy atom. The maximum atomic E-state index is 11.4. The van der Waals surface area contributed by atoms with Crippen LogP contribution in [0.15, 0.2) is 16.5 Å². The molecule has 16 heavy (non-hydrogen) atoms. The van der Waals surface area contributed by atoms with Gasteiger partial charge in [0, 0.05) is 10.9 Å². The van der Waals surface area contributed by atoms with Gasteiger partial charge in [0.05, 0.1) is 12.1 Å². The molecule has 0 aliphatic rings. The number of carbonyl (C=O) groups is 1. The second kappa shape index (κ2) is 3.83. The number of methoxy groups -OCH3 is 1. The number of rotatable bonds is 2. The quantitative estimate of drug-likeness (QED) is 0.751. The highest BCUT2D eigenvalue weighted by Crippen LogP contribution is 2.36. The van der Waals surface area contributed by atoms with E-state index in [0.717, 1.165) is 5.76 Å². The van der Waals surface area contributed by atoms with E-state index in [1.165, 1.54) is 14.0 Å². The molecule has 2 aromatic rings. The van der Waals surface area contributed by atoms with Gasteiger partial charge in [-0.25, -0.2) is 0 Å². The summed E-state index contributed by atoms with van der Waals surface area (Å²) in [6, 6.07) is 3.41. The number of Topliss-reactive ketones (excluding diaryl/α,β-unsaturated/α-hetero) is 1. The molecular weight excluding hydrogens is 228 g/mol. The lowest BCUT2D eigenvalue weighted by Gasteiger charge is -2.05. The summed E-state index contributed by atoms with van der Waals surface area (Å²) >= 11 is 6.14. The number of ketones is 1. The molecule has 0 aliphatic heterocycles. The molecule has 0 bridgehead atoms. The van der Waals surface area contributed by atoms with E-state index >= 15 is 0 Å². The van der Waals surface area contributed by atoms with Crippen LogP contribution < -0.4 is 4.74 Å². The van der Waals surface area contributed by atoms with Gasteiger partial charge in [-0.2, -0.15) is 0 Å². The number of benzene rings is 1. The number of aryl methyl sites for hydroxylation is 1. The molecule has 0 atom stereocenters. The van der Waals surface area contributed by atoms with Crippen LogP contribution in [0.25, 0.3) is 11.0 Å². The van der Waals surface area contributed by atoms with Gasteiger partial charge in [0.25, 0.3) is 0 Å². The normalized spacial score (nSPS) is 10.8. The molecule has 0 spiro atoms. The first kappa shape index (κ1) is 11.0. The third kappa shape index (κ3) is 1.57. The Morgan fingerprint density at radius 2 is 2.12 bits per heavy atom. The van der Waals surface area contributed by atoms with Gasteiger partial charge in [-0.05, 0) is 26.0 Å². The summed E-state index contributed by atoms with van der Waals surface area (Å²) in [7, 11) is 1.53. The van der Waals surface area contributed by atoms with Gasteiger partial charge in [-0.15, -0.1) is 0 Å². The maximum Gasteiger partial charge on any atom is 0.177 e. The number of furan rings is 1. The van der Waals surface area contributed by atoms with E-state index in [1.807, 2.05) is 6.92 Å². The van der Waals surface area contributed by atoms with Crippen molar-refractivity contribution in [2.75, 3.05) is 7.11 Å². The monoisotopic (exact) mass is 238 g/mol. The van der Waals surface area contributed by atoms with Gasteiger partial charge in [0.1, 0.15) is 5.76 Å². The molecular formula is C12H11ClO3. The van der Waals surface area contributed by atoms with Crippen molar-refractivity contribution < 1.29 is 13.9 Å². The maximum absolute atomic E-state index is 11.4. The fourth-order valence-corrected chi connectivity index (χ4v) is 2.00. The Morgan fingerprint density at radius 3 is 2.69 bits per heavy atom. The van der Waals surface area contributed by atoms with Gasteiger partial charge >= 0.3 is 0 Å². The van der Waals surface area contributed by atoms with E-state index in [0.29, 0.717) is 27.3 Å². The number of fused-ring (bicyclic) bond motifs is 1. The Bertz CT molecular complexity index is 569. The second-order valence-corrected chi connectivity index (χ2v) is 3.97. The molecule has 0 fully saturated rings. The summed E-state index contributed by atoms with van der Waals surface area (Å²) in [5.74, 6) is 1.16. The zero-order valence-electron chi connectivity index (χ0n) is 9.26. The highest BCUT2D eigenvalue weighted by Gasteiger charge is 2.17. The number of carbonyl (C=O) groups excluding carboxylic acids is 1. The van der Waals surface area contributed by atoms with Crippen molar-refractivity contribution in [3.05, 3.63) is 28.5 Å². The van der Waals surface area contributed by atoms with Gasteiger partial charge in [-0.3, -0.25) is 4.79 Å². The molecule has 0 aliphatic carbocycles. The number of halogens is 1. The van der Waals surface area contributed by atoms with Crippen molar-refractivity contribution >= 4 is 28.4 Å². The summed E-state index contributed by atoms with van der Waals surface area (Å²) in [4.78, 5) is 11.4. The lowest BCUT2D eigenvalue weighted by atomic mass is 10.1. The zero-order chi connectivity index (χ0) is 11.9. The van der Waals surface area contributed by atoms with E-state index in [1.54, 1.807) is 12.1 Å². The van der Waals surface area contributed by atoms with Crippen molar-refractivity contribution in [1.82, 2.24) is 0 Å². The van der Waals surface area contributed by atoms with Crippen molar-refractivity contribution in [3.63, 3.8) is 0 Å². The van der Waals surface area contributed by atoms with E-state index in [4.69, 9.17) is 20.8 Å². The number of hydrogen-bond acceptors (Lipinski definition) is 3. The topological polar surface area (TPSA) is 39.4 Å². The smallest absolute Gasteiger partial charge is 0.177 e. The third-order valence-corrected chi connectivity index (χ3v) is 2.83. The predicted molar refractivity (Wildman–Crippen MR) is 62.5 cm³/mol. The molecule has 4 heteroatoms. The standard InChI is InChI=1S/C12H11ClO3/c1-6-4-9-11(13)8(7(2)14)5-10(15-3)12(9)16-6/h4-5H,1-3H3. The molecule has 2 rings (SSSR count). The summed E-state index contributed by atoms with van der Waals surface area (Å²) in [5.41, 5.74) is 1.03. The van der Waals surface area contributed by atoms with E-state index in [2.05, 4.69) is 0 Å². The summed E-state index contributed by atoms with van der Waals surface area (Å²) < 4.78 is 10.7. The van der Waals surface area contributed by atoms with Crippen LogP contribution in [-0.2, 0) is 0 Å². The van der Waals surface area contributed by atoms with E-state index < -0.39 is 0 Å². The molecule has 0 N–H and O–H groups in total. The van der Waals surface area contributed by atoms with Crippen LogP contribution in [0.2, 0.25) is 5.02 Å². The van der Waals surface area contributed by atoms with Crippen molar-refractivity contribution in [2.45, 2.75) is 13.8 Å². The Kier molecular flexibility index (Phi) is 2.64. The predicted octanol–water partition coefficient (Wildman–Crippen LogP) is 3.61. The van der Waals surface area contributed by atoms with Crippen LogP contribution in [0.4, 0.5) is 0 Å². The first-order valence-corrected chi connectivity index (χ1v) is 5.20. The third-order valence-electron chi connectivity index (χ3n) is 2.43. The zero-order valence-corrected chi connectivity index (χ0v) is 10.0. The molecule has 0 amide bonds. The molecule has 1 aromatic heterocycles. The minimum atomic E-state index is -0.0935. The molecule has 84 valence electrons. The van der Waals surface area contributed by atoms with Crippen molar-refractivity contribution in [2.24, 2.45) is 0 Å². The first-order chi connectivity index (χ1) is 7.54. The molecule has 0 radical (unpaired) electrons. The van der Waals surface area contributed by atoms with Gasteiger partial charge in [0.2, 0.25) is 0 Å². The van der Waals surface area contributed by atoms with Crippen molar-refractivity contribution in [1.29, 1.82) is 0 Å². The van der Waals surface area contributed by atoms with Gasteiger partial charge < -0.3 is 9.15 Å². The lowest BCUT2D eigenvalue weighted by molar-refractivity contribution is 0.101. The largest absolute Gasteiger partial charge is 0.493 e. The minimum Gasteiger partial charge on any atom is -0.493 e. The molecule has 0 saturated carbocycles. The highest BCUT2D eigenvalue weighted by atomic mass is 35.5. The molecule has 3 nitrogen and oxygen atoms in total. The van der Waals surface area contributed by atoms with Crippen LogP contribution in [0.5, 0.6) is 5.75 Å². The average Bonchev–Trinajstić information content (AvgIpc) is 2.60. The Hall–Kier alpha value is -1.48. The van der Waals surface area contributed by atoms with Crippen molar-refractivity contribution in [3.8, 4) is 5.75 Å². The van der Waals surface area contributed by atoms with Crippen LogP contribution in [0, 0.1) is 6.92 Å². The first-order valence-electron chi connectivity index (χ1n) is 4.82. The van der Waals surface area contributed by atoms with Crippen LogP contribution in [0.3, 0.4) is 0 Å². The fourth-order valence-electron chi connectivity index (χ4n) is 1.67.